The lowest BCUT2D eigenvalue weighted by Crippen LogP contribution is -2.28. The zero-order valence-corrected chi connectivity index (χ0v) is 14.2. The number of aldehydes is 1. The van der Waals surface area contributed by atoms with Gasteiger partial charge in [-0.1, -0.05) is 15.2 Å². The van der Waals surface area contributed by atoms with Crippen LogP contribution in [0.3, 0.4) is 0 Å². The predicted molar refractivity (Wildman–Crippen MR) is 85.1 cm³/mol. The van der Waals surface area contributed by atoms with Gasteiger partial charge in [0.15, 0.2) is 14.4 Å². The summed E-state index contributed by atoms with van der Waals surface area (Å²) in [5.74, 6) is 0.228. The number of ether oxygens (including phenoxy) is 1. The molecule has 2 rings (SSSR count). The maximum absolute atomic E-state index is 11.9. The molecule has 5 atom stereocenters. The van der Waals surface area contributed by atoms with Crippen molar-refractivity contribution in [2.24, 2.45) is 5.92 Å². The number of carbonyl (C=O) groups excluding carboxylic acids is 1. The first-order valence-corrected chi connectivity index (χ1v) is 11.2. The standard InChI is InChI=1S/C11H16N3O4P3/c1-6-2-9(18-8(6)5-19-21-20-17)14-3-7(4-15)10(12)13-11(14)16/h3-4,6,8-9,19,21H,2,5H2,1H3,(H2,12,13,16)/t6?,8-,9-/m1/s1. The third kappa shape index (κ3) is 3.92. The molecule has 114 valence electrons. The molecule has 2 heterocycles. The Balaban J connectivity index is 2.15. The van der Waals surface area contributed by atoms with E-state index in [1.54, 1.807) is 0 Å². The van der Waals surface area contributed by atoms with Crippen LogP contribution in [0.15, 0.2) is 11.0 Å². The minimum Gasteiger partial charge on any atom is -0.383 e. The molecule has 3 unspecified atom stereocenters. The van der Waals surface area contributed by atoms with Crippen molar-refractivity contribution in [1.82, 2.24) is 9.55 Å². The SMILES string of the molecule is CC1C[C@H](n2cc(C=O)c(N)nc2=O)O[C@@H]1CPPP=O. The van der Waals surface area contributed by atoms with Gasteiger partial charge >= 0.3 is 5.69 Å². The van der Waals surface area contributed by atoms with E-state index in [2.05, 4.69) is 11.9 Å². The van der Waals surface area contributed by atoms with Gasteiger partial charge in [-0.15, -0.1) is 0 Å². The summed E-state index contributed by atoms with van der Waals surface area (Å²) in [4.78, 5) is 26.5. The van der Waals surface area contributed by atoms with E-state index < -0.39 is 11.9 Å². The van der Waals surface area contributed by atoms with Gasteiger partial charge in [0.1, 0.15) is 12.0 Å². The highest BCUT2D eigenvalue weighted by Crippen LogP contribution is 2.49. The highest BCUT2D eigenvalue weighted by Gasteiger charge is 2.33. The van der Waals surface area contributed by atoms with Gasteiger partial charge in [0.2, 0.25) is 0 Å². The zero-order valence-electron chi connectivity index (χ0n) is 11.4. The van der Waals surface area contributed by atoms with Crippen LogP contribution in [0.2, 0.25) is 0 Å². The second kappa shape index (κ2) is 7.51. The number of carbonyl (C=O) groups is 1. The van der Waals surface area contributed by atoms with Crippen molar-refractivity contribution in [3.05, 3.63) is 22.2 Å². The summed E-state index contributed by atoms with van der Waals surface area (Å²) in [6, 6.07) is 0. The molecule has 1 aliphatic rings. The van der Waals surface area contributed by atoms with E-state index in [-0.39, 0.29) is 25.6 Å². The maximum Gasteiger partial charge on any atom is 0.351 e. The van der Waals surface area contributed by atoms with Crippen molar-refractivity contribution in [3.63, 3.8) is 0 Å². The van der Waals surface area contributed by atoms with E-state index in [9.17, 15) is 14.2 Å². The highest BCUT2D eigenvalue weighted by atomic mass is 32.4. The lowest BCUT2D eigenvalue weighted by molar-refractivity contribution is 0.00525. The Bertz CT molecular complexity index is 595. The molecule has 1 fully saturated rings. The lowest BCUT2D eigenvalue weighted by atomic mass is 10.1. The summed E-state index contributed by atoms with van der Waals surface area (Å²) in [5, 5.41) is 0. The number of nitrogens with zero attached hydrogens (tertiary/aromatic N) is 2. The molecule has 10 heteroatoms. The average Bonchev–Trinajstić information content (AvgIpc) is 2.80. The predicted octanol–water partition coefficient (Wildman–Crippen LogP) is 2.04. The summed E-state index contributed by atoms with van der Waals surface area (Å²) in [6.45, 7) is 2.06. The van der Waals surface area contributed by atoms with Crippen LogP contribution in [0.1, 0.15) is 29.9 Å². The fourth-order valence-corrected chi connectivity index (χ4v) is 5.59. The van der Waals surface area contributed by atoms with E-state index >= 15 is 0 Å². The number of rotatable bonds is 6. The first-order chi connectivity index (χ1) is 10.1. The molecule has 0 amide bonds. The summed E-state index contributed by atoms with van der Waals surface area (Å²) in [5.41, 5.74) is 5.18. The van der Waals surface area contributed by atoms with Gasteiger partial charge in [-0.05, 0) is 26.5 Å². The number of nitrogen functional groups attached to an aromatic ring is 1. The largest absolute Gasteiger partial charge is 0.383 e. The molecule has 0 aromatic carbocycles. The number of aromatic nitrogens is 2. The summed E-state index contributed by atoms with van der Waals surface area (Å²) < 4.78 is 17.7. The molecule has 2 N–H and O–H groups in total. The van der Waals surface area contributed by atoms with Crippen molar-refractivity contribution < 1.29 is 14.1 Å². The third-order valence-corrected chi connectivity index (χ3v) is 7.88. The Morgan fingerprint density at radius 2 is 2.43 bits per heavy atom. The van der Waals surface area contributed by atoms with Crippen LogP contribution in [-0.4, -0.2) is 28.1 Å². The maximum atomic E-state index is 11.9. The van der Waals surface area contributed by atoms with Crippen molar-refractivity contribution in [3.8, 4) is 0 Å². The lowest BCUT2D eigenvalue weighted by Gasteiger charge is -2.16. The second-order valence-corrected chi connectivity index (χ2v) is 10.3. The summed E-state index contributed by atoms with van der Waals surface area (Å²) >= 11 is 0. The molecule has 1 aliphatic heterocycles. The molecular formula is C11H16N3O4P3. The average molecular weight is 347 g/mol. The van der Waals surface area contributed by atoms with Crippen LogP contribution >= 0.6 is 24.4 Å². The Morgan fingerprint density at radius 1 is 1.67 bits per heavy atom. The van der Waals surface area contributed by atoms with Crippen LogP contribution in [-0.2, 0) is 9.30 Å². The van der Waals surface area contributed by atoms with Crippen LogP contribution in [0.5, 0.6) is 0 Å². The minimum atomic E-state index is -0.515. The van der Waals surface area contributed by atoms with E-state index in [4.69, 9.17) is 10.5 Å². The monoisotopic (exact) mass is 347 g/mol. The van der Waals surface area contributed by atoms with Gasteiger partial charge in [0.05, 0.1) is 11.7 Å². The molecule has 1 saturated heterocycles. The molecule has 0 aliphatic carbocycles. The second-order valence-electron chi connectivity index (χ2n) is 4.82. The molecular weight excluding hydrogens is 331 g/mol. The van der Waals surface area contributed by atoms with Gasteiger partial charge in [-0.25, -0.2) is 4.79 Å². The van der Waals surface area contributed by atoms with Crippen LogP contribution < -0.4 is 11.4 Å². The third-order valence-electron chi connectivity index (χ3n) is 3.42. The Labute approximate surface area is 126 Å². The Kier molecular flexibility index (Phi) is 5.95. The number of anilines is 1. The first-order valence-electron chi connectivity index (χ1n) is 6.36. The molecule has 7 nitrogen and oxygen atoms in total. The molecule has 0 spiro atoms. The zero-order chi connectivity index (χ0) is 15.4. The van der Waals surface area contributed by atoms with E-state index in [1.165, 1.54) is 10.8 Å². The molecule has 1 aromatic heterocycles. The normalized spacial score (nSPS) is 26.4. The van der Waals surface area contributed by atoms with Crippen molar-refractivity contribution >= 4 is 36.5 Å². The van der Waals surface area contributed by atoms with Crippen molar-refractivity contribution in [2.45, 2.75) is 25.7 Å². The molecule has 0 radical (unpaired) electrons. The van der Waals surface area contributed by atoms with Crippen molar-refractivity contribution in [2.75, 3.05) is 11.9 Å². The Morgan fingerprint density at radius 3 is 3.10 bits per heavy atom. The van der Waals surface area contributed by atoms with Gasteiger partial charge in [-0.3, -0.25) is 13.9 Å². The van der Waals surface area contributed by atoms with E-state index in [0.29, 0.717) is 34.9 Å². The topological polar surface area (TPSA) is 104 Å². The van der Waals surface area contributed by atoms with Gasteiger partial charge in [0.25, 0.3) is 0 Å². The first kappa shape index (κ1) is 16.6. The smallest absolute Gasteiger partial charge is 0.351 e. The summed E-state index contributed by atoms with van der Waals surface area (Å²) in [6.07, 6.45) is 3.09. The van der Waals surface area contributed by atoms with Gasteiger partial charge in [0, 0.05) is 6.20 Å². The molecule has 1 aromatic rings. The number of hydrogen-bond acceptors (Lipinski definition) is 6. The van der Waals surface area contributed by atoms with Crippen LogP contribution in [0.4, 0.5) is 5.82 Å². The fourth-order valence-electron chi connectivity index (χ4n) is 2.26. The van der Waals surface area contributed by atoms with Gasteiger partial charge < -0.3 is 10.5 Å². The number of hydrogen-bond donors (Lipinski definition) is 1. The number of nitrogens with two attached hydrogens (primary N) is 1. The van der Waals surface area contributed by atoms with E-state index in [0.717, 1.165) is 6.16 Å². The fraction of sp³-hybridized carbons (Fsp3) is 0.545. The minimum absolute atomic E-state index is 0.0340. The molecule has 21 heavy (non-hydrogen) atoms. The summed E-state index contributed by atoms with van der Waals surface area (Å²) in [7, 11) is 1.18. The van der Waals surface area contributed by atoms with Crippen LogP contribution in [0, 0.1) is 5.92 Å². The highest BCUT2D eigenvalue weighted by molar-refractivity contribution is 8.40. The quantitative estimate of drug-likeness (QED) is 0.480. The van der Waals surface area contributed by atoms with Crippen LogP contribution in [0.25, 0.3) is 0 Å². The molecule has 0 saturated carbocycles. The Hall–Kier alpha value is -0.730. The van der Waals surface area contributed by atoms with Gasteiger partial charge in [-0.2, -0.15) is 4.98 Å². The van der Waals surface area contributed by atoms with E-state index in [1.807, 2.05) is 0 Å². The van der Waals surface area contributed by atoms with Crippen molar-refractivity contribution in [1.29, 1.82) is 0 Å². The molecule has 0 bridgehead atoms.